The van der Waals surface area contributed by atoms with Crippen molar-refractivity contribution < 1.29 is 10.2 Å². The van der Waals surface area contributed by atoms with E-state index in [1.54, 1.807) is 0 Å². The largest absolute Gasteiger partial charge is 0.390 e. The minimum Gasteiger partial charge on any atom is -0.390 e. The minimum absolute atomic E-state index is 0.255. The van der Waals surface area contributed by atoms with Gasteiger partial charge in [-0.3, -0.25) is 0 Å². The summed E-state index contributed by atoms with van der Waals surface area (Å²) in [6.45, 7) is 11.4. The van der Waals surface area contributed by atoms with E-state index in [-0.39, 0.29) is 5.41 Å². The quantitative estimate of drug-likeness (QED) is 0.660. The highest BCUT2D eigenvalue weighted by molar-refractivity contribution is 4.90. The van der Waals surface area contributed by atoms with Gasteiger partial charge in [-0.1, -0.05) is 26.3 Å². The number of rotatable bonds is 4. The standard InChI is InChI=1S/C11H22O2/c1-8(2)6-7-9(12)10(13)11(3,4)5/h9-10,12-13H,1,6-7H2,2-5H3. The maximum atomic E-state index is 9.69. The second kappa shape index (κ2) is 4.77. The van der Waals surface area contributed by atoms with Crippen LogP contribution >= 0.6 is 0 Å². The van der Waals surface area contributed by atoms with Crippen LogP contribution in [0.4, 0.5) is 0 Å². The normalized spacial score (nSPS) is 16.8. The molecule has 13 heavy (non-hydrogen) atoms. The van der Waals surface area contributed by atoms with Crippen molar-refractivity contribution in [3.63, 3.8) is 0 Å². The highest BCUT2D eigenvalue weighted by Crippen LogP contribution is 2.24. The summed E-state index contributed by atoms with van der Waals surface area (Å²) < 4.78 is 0. The smallest absolute Gasteiger partial charge is 0.0847 e. The van der Waals surface area contributed by atoms with Crippen LogP contribution in [0.1, 0.15) is 40.5 Å². The van der Waals surface area contributed by atoms with E-state index in [9.17, 15) is 10.2 Å². The second-order valence-electron chi connectivity index (χ2n) is 4.87. The highest BCUT2D eigenvalue weighted by atomic mass is 16.3. The minimum atomic E-state index is -0.660. The van der Waals surface area contributed by atoms with Gasteiger partial charge in [0.2, 0.25) is 0 Å². The van der Waals surface area contributed by atoms with Gasteiger partial charge in [-0.05, 0) is 25.2 Å². The molecule has 2 N–H and O–H groups in total. The van der Waals surface area contributed by atoms with Gasteiger partial charge in [0, 0.05) is 0 Å². The molecule has 0 rings (SSSR count). The maximum absolute atomic E-state index is 9.69. The van der Waals surface area contributed by atoms with Crippen molar-refractivity contribution in [3.05, 3.63) is 12.2 Å². The predicted octanol–water partition coefficient (Wildman–Crippen LogP) is 2.11. The Morgan fingerprint density at radius 2 is 1.77 bits per heavy atom. The van der Waals surface area contributed by atoms with E-state index in [1.807, 2.05) is 27.7 Å². The van der Waals surface area contributed by atoms with E-state index < -0.39 is 12.2 Å². The molecule has 0 heterocycles. The van der Waals surface area contributed by atoms with Gasteiger partial charge < -0.3 is 10.2 Å². The first-order chi connectivity index (χ1) is 5.75. The molecule has 0 aromatic carbocycles. The maximum Gasteiger partial charge on any atom is 0.0847 e. The molecular weight excluding hydrogens is 164 g/mol. The molecule has 2 unspecified atom stereocenters. The predicted molar refractivity (Wildman–Crippen MR) is 55.5 cm³/mol. The van der Waals surface area contributed by atoms with Crippen LogP contribution in [0.15, 0.2) is 12.2 Å². The molecule has 0 fully saturated rings. The summed E-state index contributed by atoms with van der Waals surface area (Å²) >= 11 is 0. The van der Waals surface area contributed by atoms with Crippen molar-refractivity contribution in [3.8, 4) is 0 Å². The van der Waals surface area contributed by atoms with Crippen molar-refractivity contribution >= 4 is 0 Å². The van der Waals surface area contributed by atoms with Crippen molar-refractivity contribution in [1.29, 1.82) is 0 Å². The molecule has 78 valence electrons. The first-order valence-electron chi connectivity index (χ1n) is 4.75. The molecule has 0 aliphatic heterocycles. The van der Waals surface area contributed by atoms with Gasteiger partial charge in [0.15, 0.2) is 0 Å². The summed E-state index contributed by atoms with van der Waals surface area (Å²) in [4.78, 5) is 0. The summed E-state index contributed by atoms with van der Waals surface area (Å²) in [6, 6.07) is 0. The third kappa shape index (κ3) is 5.06. The zero-order valence-electron chi connectivity index (χ0n) is 9.17. The summed E-state index contributed by atoms with van der Waals surface area (Å²) in [6.07, 6.45) is 0.0609. The first kappa shape index (κ1) is 12.7. The monoisotopic (exact) mass is 186 g/mol. The fraction of sp³-hybridized carbons (Fsp3) is 0.818. The van der Waals surface area contributed by atoms with Gasteiger partial charge >= 0.3 is 0 Å². The van der Waals surface area contributed by atoms with Crippen LogP contribution in [0.25, 0.3) is 0 Å². The average Bonchev–Trinajstić information content (AvgIpc) is 1.96. The topological polar surface area (TPSA) is 40.5 Å². The van der Waals surface area contributed by atoms with Crippen LogP contribution in [0.2, 0.25) is 0 Å². The van der Waals surface area contributed by atoms with E-state index in [0.29, 0.717) is 6.42 Å². The van der Waals surface area contributed by atoms with E-state index in [2.05, 4.69) is 6.58 Å². The van der Waals surface area contributed by atoms with Gasteiger partial charge in [-0.2, -0.15) is 0 Å². The van der Waals surface area contributed by atoms with Gasteiger partial charge in [-0.15, -0.1) is 6.58 Å². The van der Waals surface area contributed by atoms with Crippen LogP contribution in [0, 0.1) is 5.41 Å². The molecule has 2 nitrogen and oxygen atoms in total. The van der Waals surface area contributed by atoms with E-state index in [1.165, 1.54) is 0 Å². The molecule has 0 aliphatic rings. The van der Waals surface area contributed by atoms with Gasteiger partial charge in [0.25, 0.3) is 0 Å². The Kier molecular flexibility index (Phi) is 4.65. The van der Waals surface area contributed by atoms with Gasteiger partial charge in [0.1, 0.15) is 0 Å². The lowest BCUT2D eigenvalue weighted by atomic mass is 9.84. The molecule has 0 bridgehead atoms. The Bertz CT molecular complexity index is 167. The van der Waals surface area contributed by atoms with E-state index in [4.69, 9.17) is 0 Å². The lowest BCUT2D eigenvalue weighted by molar-refractivity contribution is -0.0470. The van der Waals surface area contributed by atoms with E-state index in [0.717, 1.165) is 12.0 Å². The summed E-state index contributed by atoms with van der Waals surface area (Å²) in [5.74, 6) is 0. The Morgan fingerprint density at radius 3 is 2.08 bits per heavy atom. The molecule has 2 atom stereocenters. The van der Waals surface area contributed by atoms with Crippen LogP contribution < -0.4 is 0 Å². The molecule has 0 amide bonds. The highest BCUT2D eigenvalue weighted by Gasteiger charge is 2.28. The van der Waals surface area contributed by atoms with Crippen molar-refractivity contribution in [1.82, 2.24) is 0 Å². The van der Waals surface area contributed by atoms with Crippen molar-refractivity contribution in [2.45, 2.75) is 52.7 Å². The van der Waals surface area contributed by atoms with Crippen LogP contribution in [-0.4, -0.2) is 22.4 Å². The second-order valence-corrected chi connectivity index (χ2v) is 4.87. The number of hydrogen-bond acceptors (Lipinski definition) is 2. The molecule has 0 radical (unpaired) electrons. The first-order valence-corrected chi connectivity index (χ1v) is 4.75. The number of allylic oxidation sites excluding steroid dienone is 1. The third-order valence-electron chi connectivity index (χ3n) is 2.12. The van der Waals surface area contributed by atoms with Gasteiger partial charge in [0.05, 0.1) is 12.2 Å². The lowest BCUT2D eigenvalue weighted by Crippen LogP contribution is -2.37. The van der Waals surface area contributed by atoms with E-state index >= 15 is 0 Å². The lowest BCUT2D eigenvalue weighted by Gasteiger charge is -2.30. The van der Waals surface area contributed by atoms with Gasteiger partial charge in [-0.25, -0.2) is 0 Å². The molecule has 0 saturated carbocycles. The summed E-state index contributed by atoms with van der Waals surface area (Å²) in [5.41, 5.74) is 0.786. The zero-order valence-corrected chi connectivity index (χ0v) is 9.17. The number of aliphatic hydroxyl groups is 2. The van der Waals surface area contributed by atoms with Crippen molar-refractivity contribution in [2.75, 3.05) is 0 Å². The fourth-order valence-corrected chi connectivity index (χ4v) is 1.13. The van der Waals surface area contributed by atoms with Crippen LogP contribution in [0.3, 0.4) is 0 Å². The number of aliphatic hydroxyl groups excluding tert-OH is 2. The van der Waals surface area contributed by atoms with Crippen LogP contribution in [0.5, 0.6) is 0 Å². The molecular formula is C11H22O2. The van der Waals surface area contributed by atoms with Crippen molar-refractivity contribution in [2.24, 2.45) is 5.41 Å². The Hall–Kier alpha value is -0.340. The average molecular weight is 186 g/mol. The SMILES string of the molecule is C=C(C)CCC(O)C(O)C(C)(C)C. The fourth-order valence-electron chi connectivity index (χ4n) is 1.13. The summed E-state index contributed by atoms with van der Waals surface area (Å²) in [5, 5.41) is 19.3. The Morgan fingerprint density at radius 1 is 1.31 bits per heavy atom. The molecule has 0 spiro atoms. The zero-order chi connectivity index (χ0) is 10.6. The molecule has 2 heteroatoms. The third-order valence-corrected chi connectivity index (χ3v) is 2.12. The Labute approximate surface area is 81.3 Å². The summed E-state index contributed by atoms with van der Waals surface area (Å²) in [7, 11) is 0. The molecule has 0 saturated heterocycles. The molecule has 0 aromatic rings. The van der Waals surface area contributed by atoms with Crippen LogP contribution in [-0.2, 0) is 0 Å². The number of hydrogen-bond donors (Lipinski definition) is 2. The molecule has 0 aliphatic carbocycles. The Balaban J connectivity index is 3.97. The molecule has 0 aromatic heterocycles.